The lowest BCUT2D eigenvalue weighted by Crippen LogP contribution is -2.25. The van der Waals surface area contributed by atoms with E-state index in [0.29, 0.717) is 13.0 Å². The Morgan fingerprint density at radius 1 is 1.33 bits per heavy atom. The second kappa shape index (κ2) is 5.39. The molecule has 0 aromatic heterocycles. The minimum atomic E-state index is 0.189. The van der Waals surface area contributed by atoms with Crippen LogP contribution in [0, 0.1) is 0 Å². The van der Waals surface area contributed by atoms with Gasteiger partial charge in [0.05, 0.1) is 0 Å². The van der Waals surface area contributed by atoms with Crippen LogP contribution in [0.2, 0.25) is 0 Å². The predicted molar refractivity (Wildman–Crippen MR) is 62.2 cm³/mol. The van der Waals surface area contributed by atoms with Crippen molar-refractivity contribution in [2.45, 2.75) is 26.3 Å². The average molecular weight is 206 g/mol. The molecule has 0 radical (unpaired) electrons. The quantitative estimate of drug-likeness (QED) is 0.766. The zero-order valence-corrected chi connectivity index (χ0v) is 9.36. The molecule has 0 atom stereocenters. The topological polar surface area (TPSA) is 46.3 Å². The van der Waals surface area contributed by atoms with E-state index in [0.717, 1.165) is 17.7 Å². The molecular formula is C12H18N2O. The fourth-order valence-corrected chi connectivity index (χ4v) is 1.39. The molecule has 82 valence electrons. The van der Waals surface area contributed by atoms with Crippen LogP contribution in [0.5, 0.6) is 0 Å². The molecular weight excluding hydrogens is 188 g/mol. The number of amides is 1. The molecule has 1 aromatic rings. The van der Waals surface area contributed by atoms with Gasteiger partial charge in [0.15, 0.2) is 0 Å². The second-order valence-electron chi connectivity index (χ2n) is 3.74. The summed E-state index contributed by atoms with van der Waals surface area (Å²) in [4.78, 5) is 13.3. The smallest absolute Gasteiger partial charge is 0.222 e. The van der Waals surface area contributed by atoms with E-state index in [1.54, 1.807) is 4.90 Å². The van der Waals surface area contributed by atoms with Crippen LogP contribution >= 0.6 is 0 Å². The van der Waals surface area contributed by atoms with Gasteiger partial charge in [0.1, 0.15) is 0 Å². The summed E-state index contributed by atoms with van der Waals surface area (Å²) in [7, 11) is 1.83. The lowest BCUT2D eigenvalue weighted by Gasteiger charge is -2.16. The Balaban J connectivity index is 2.54. The molecule has 3 heteroatoms. The Hall–Kier alpha value is -1.51. The Morgan fingerprint density at radius 3 is 2.47 bits per heavy atom. The third-order valence-electron chi connectivity index (χ3n) is 2.29. The molecule has 3 nitrogen and oxygen atoms in total. The first-order chi connectivity index (χ1) is 7.13. The summed E-state index contributed by atoms with van der Waals surface area (Å²) in [5, 5.41) is 0. The minimum absolute atomic E-state index is 0.189. The van der Waals surface area contributed by atoms with Gasteiger partial charge < -0.3 is 10.6 Å². The Kier molecular flexibility index (Phi) is 4.16. The van der Waals surface area contributed by atoms with Crippen molar-refractivity contribution in [2.24, 2.45) is 0 Å². The summed E-state index contributed by atoms with van der Waals surface area (Å²) in [5.74, 6) is 0.189. The third-order valence-corrected chi connectivity index (χ3v) is 2.29. The minimum Gasteiger partial charge on any atom is -0.399 e. The van der Waals surface area contributed by atoms with E-state index in [2.05, 4.69) is 0 Å². The number of carbonyl (C=O) groups excluding carboxylic acids is 1. The third kappa shape index (κ3) is 3.62. The van der Waals surface area contributed by atoms with E-state index >= 15 is 0 Å². The monoisotopic (exact) mass is 206 g/mol. The summed E-state index contributed by atoms with van der Waals surface area (Å²) >= 11 is 0. The van der Waals surface area contributed by atoms with Gasteiger partial charge in [-0.3, -0.25) is 4.79 Å². The maximum atomic E-state index is 11.5. The standard InChI is InChI=1S/C12H18N2O/c1-3-4-12(15)14(2)9-10-5-7-11(13)8-6-10/h5-8H,3-4,9,13H2,1-2H3. The summed E-state index contributed by atoms with van der Waals surface area (Å²) in [6, 6.07) is 7.61. The van der Waals surface area contributed by atoms with Crippen molar-refractivity contribution < 1.29 is 4.79 Å². The van der Waals surface area contributed by atoms with Gasteiger partial charge in [0, 0.05) is 25.7 Å². The highest BCUT2D eigenvalue weighted by Crippen LogP contribution is 2.08. The molecule has 0 fully saturated rings. The first kappa shape index (κ1) is 11.6. The van der Waals surface area contributed by atoms with Crippen molar-refractivity contribution in [3.63, 3.8) is 0 Å². The van der Waals surface area contributed by atoms with E-state index in [-0.39, 0.29) is 5.91 Å². The molecule has 1 aromatic carbocycles. The van der Waals surface area contributed by atoms with Crippen LogP contribution in [0.25, 0.3) is 0 Å². The van der Waals surface area contributed by atoms with Gasteiger partial charge in [-0.15, -0.1) is 0 Å². The molecule has 0 heterocycles. The highest BCUT2D eigenvalue weighted by Gasteiger charge is 2.07. The van der Waals surface area contributed by atoms with Crippen LogP contribution in [-0.4, -0.2) is 17.9 Å². The zero-order valence-electron chi connectivity index (χ0n) is 9.36. The van der Waals surface area contributed by atoms with Crippen LogP contribution in [0.15, 0.2) is 24.3 Å². The van der Waals surface area contributed by atoms with Crippen LogP contribution < -0.4 is 5.73 Å². The number of nitrogen functional groups attached to an aromatic ring is 1. The Bertz CT molecular complexity index is 319. The molecule has 0 saturated carbocycles. The van der Waals surface area contributed by atoms with Gasteiger partial charge in [0.25, 0.3) is 0 Å². The summed E-state index contributed by atoms with van der Waals surface area (Å²) in [6.07, 6.45) is 1.51. The predicted octanol–water partition coefficient (Wildman–Crippen LogP) is 2.03. The van der Waals surface area contributed by atoms with Gasteiger partial charge in [-0.05, 0) is 24.1 Å². The van der Waals surface area contributed by atoms with Crippen molar-refractivity contribution in [3.8, 4) is 0 Å². The molecule has 0 spiro atoms. The summed E-state index contributed by atoms with van der Waals surface area (Å²) in [5.41, 5.74) is 7.44. The number of carbonyl (C=O) groups is 1. The van der Waals surface area contributed by atoms with Crippen molar-refractivity contribution in [3.05, 3.63) is 29.8 Å². The molecule has 1 rings (SSSR count). The highest BCUT2D eigenvalue weighted by atomic mass is 16.2. The molecule has 0 bridgehead atoms. The van der Waals surface area contributed by atoms with E-state index in [1.165, 1.54) is 0 Å². The molecule has 0 aliphatic carbocycles. The fraction of sp³-hybridized carbons (Fsp3) is 0.417. The highest BCUT2D eigenvalue weighted by molar-refractivity contribution is 5.75. The van der Waals surface area contributed by atoms with Crippen LogP contribution in [0.3, 0.4) is 0 Å². The van der Waals surface area contributed by atoms with Crippen molar-refractivity contribution in [1.29, 1.82) is 0 Å². The lowest BCUT2D eigenvalue weighted by molar-refractivity contribution is -0.130. The molecule has 0 saturated heterocycles. The van der Waals surface area contributed by atoms with Crippen LogP contribution in [0.1, 0.15) is 25.3 Å². The Labute approximate surface area is 90.9 Å². The molecule has 15 heavy (non-hydrogen) atoms. The first-order valence-electron chi connectivity index (χ1n) is 5.22. The van der Waals surface area contributed by atoms with E-state index in [4.69, 9.17) is 5.73 Å². The first-order valence-corrected chi connectivity index (χ1v) is 5.22. The number of nitrogens with two attached hydrogens (primary N) is 1. The Morgan fingerprint density at radius 2 is 1.93 bits per heavy atom. The molecule has 2 N–H and O–H groups in total. The number of hydrogen-bond donors (Lipinski definition) is 1. The largest absolute Gasteiger partial charge is 0.399 e. The van der Waals surface area contributed by atoms with E-state index in [9.17, 15) is 4.79 Å². The fourth-order valence-electron chi connectivity index (χ4n) is 1.39. The van der Waals surface area contributed by atoms with Gasteiger partial charge >= 0.3 is 0 Å². The summed E-state index contributed by atoms with van der Waals surface area (Å²) in [6.45, 7) is 2.66. The van der Waals surface area contributed by atoms with Gasteiger partial charge in [-0.25, -0.2) is 0 Å². The lowest BCUT2D eigenvalue weighted by atomic mass is 10.2. The number of hydrogen-bond acceptors (Lipinski definition) is 2. The van der Waals surface area contributed by atoms with Crippen molar-refractivity contribution >= 4 is 11.6 Å². The van der Waals surface area contributed by atoms with E-state index < -0.39 is 0 Å². The number of benzene rings is 1. The van der Waals surface area contributed by atoms with Crippen LogP contribution in [-0.2, 0) is 11.3 Å². The maximum absolute atomic E-state index is 11.5. The van der Waals surface area contributed by atoms with Gasteiger partial charge in [-0.2, -0.15) is 0 Å². The number of rotatable bonds is 4. The van der Waals surface area contributed by atoms with Gasteiger partial charge in [-0.1, -0.05) is 19.1 Å². The SMILES string of the molecule is CCCC(=O)N(C)Cc1ccc(N)cc1. The maximum Gasteiger partial charge on any atom is 0.222 e. The number of anilines is 1. The normalized spacial score (nSPS) is 10.0. The second-order valence-corrected chi connectivity index (χ2v) is 3.74. The molecule has 0 aliphatic rings. The summed E-state index contributed by atoms with van der Waals surface area (Å²) < 4.78 is 0. The van der Waals surface area contributed by atoms with Gasteiger partial charge in [0.2, 0.25) is 5.91 Å². The van der Waals surface area contributed by atoms with E-state index in [1.807, 2.05) is 38.2 Å². The molecule has 0 aliphatic heterocycles. The number of nitrogens with zero attached hydrogens (tertiary/aromatic N) is 1. The molecule has 1 amide bonds. The molecule has 0 unspecified atom stereocenters. The zero-order chi connectivity index (χ0) is 11.3. The van der Waals surface area contributed by atoms with Crippen molar-refractivity contribution in [1.82, 2.24) is 4.90 Å². The van der Waals surface area contributed by atoms with Crippen LogP contribution in [0.4, 0.5) is 5.69 Å². The van der Waals surface area contributed by atoms with Crippen molar-refractivity contribution in [2.75, 3.05) is 12.8 Å². The average Bonchev–Trinajstić information content (AvgIpc) is 2.22.